The Morgan fingerprint density at radius 1 is 1.06 bits per heavy atom. The van der Waals surface area contributed by atoms with Crippen molar-refractivity contribution >= 4 is 11.9 Å². The number of hydrogen-bond donors (Lipinski definition) is 1. The summed E-state index contributed by atoms with van der Waals surface area (Å²) in [5.41, 5.74) is 3.25. The van der Waals surface area contributed by atoms with Crippen molar-refractivity contribution in [1.29, 1.82) is 0 Å². The Morgan fingerprint density at radius 3 is 2.35 bits per heavy atom. The van der Waals surface area contributed by atoms with Crippen LogP contribution in [0.5, 0.6) is 5.75 Å². The summed E-state index contributed by atoms with van der Waals surface area (Å²) in [6, 6.07) is 13.4. The van der Waals surface area contributed by atoms with Crippen molar-refractivity contribution in [3.05, 3.63) is 53.6 Å². The van der Waals surface area contributed by atoms with Crippen LogP contribution >= 0.6 is 0 Å². The second-order valence-electron chi connectivity index (χ2n) is 9.35. The molecule has 0 bridgehead atoms. The molecule has 0 radical (unpaired) electrons. The number of amides is 1. The van der Waals surface area contributed by atoms with Gasteiger partial charge in [-0.05, 0) is 66.7 Å². The Morgan fingerprint density at radius 2 is 1.77 bits per heavy atom. The molecule has 162 valence electrons. The number of aromatic carboxylic acids is 1. The highest BCUT2D eigenvalue weighted by Crippen LogP contribution is 2.67. The third-order valence-corrected chi connectivity index (χ3v) is 7.78. The number of carbonyl (C=O) groups excluding carboxylic acids is 1. The van der Waals surface area contributed by atoms with Gasteiger partial charge in [-0.1, -0.05) is 36.8 Å². The molecule has 5 nitrogen and oxygen atoms in total. The minimum atomic E-state index is -0.894. The fraction of sp³-hybridized carbons (Fsp3) is 0.462. The number of piperidine rings is 1. The van der Waals surface area contributed by atoms with Crippen LogP contribution < -0.4 is 4.74 Å². The number of rotatable bonds is 5. The van der Waals surface area contributed by atoms with E-state index in [4.69, 9.17) is 4.74 Å². The molecule has 2 aliphatic carbocycles. The molecule has 1 heterocycles. The average Bonchev–Trinajstić information content (AvgIpc) is 3.44. The molecule has 0 aromatic heterocycles. The molecule has 31 heavy (non-hydrogen) atoms. The second kappa shape index (κ2) is 7.70. The van der Waals surface area contributed by atoms with Gasteiger partial charge in [0.25, 0.3) is 0 Å². The molecule has 2 saturated carbocycles. The molecular formula is C26H29NO4. The number of carbonyl (C=O) groups is 2. The Hall–Kier alpha value is -2.82. The molecule has 1 atom stereocenters. The van der Waals surface area contributed by atoms with Crippen LogP contribution in [0.15, 0.2) is 42.5 Å². The zero-order chi connectivity index (χ0) is 21.6. The van der Waals surface area contributed by atoms with E-state index < -0.39 is 5.97 Å². The average molecular weight is 420 g/mol. The maximum atomic E-state index is 12.7. The third kappa shape index (κ3) is 3.40. The second-order valence-corrected chi connectivity index (χ2v) is 9.35. The standard InChI is InChI=1S/C26H29NO4/c1-31-21-11-10-19(25(29)30)23(22(21)17-6-3-2-4-7-17)20-16-26(20)12-14-27(15-13-26)24(28)18-8-5-9-18/h2-4,6-7,10-11,18,20H,5,8-9,12-16H2,1H3,(H,29,30)/t20-/m1/s1. The number of nitrogens with zero attached hydrogens (tertiary/aromatic N) is 1. The molecule has 1 saturated heterocycles. The largest absolute Gasteiger partial charge is 0.496 e. The van der Waals surface area contributed by atoms with Gasteiger partial charge in [-0.3, -0.25) is 4.79 Å². The SMILES string of the molecule is COc1ccc(C(=O)O)c([C@H]2CC23CCN(C(=O)C2CCC2)CC3)c1-c1ccccc1. The first-order valence-corrected chi connectivity index (χ1v) is 11.3. The van der Waals surface area contributed by atoms with Crippen LogP contribution in [0, 0.1) is 11.3 Å². The quantitative estimate of drug-likeness (QED) is 0.744. The molecule has 3 fully saturated rings. The van der Waals surface area contributed by atoms with Crippen LogP contribution in [-0.4, -0.2) is 42.1 Å². The molecular weight excluding hydrogens is 390 g/mol. The van der Waals surface area contributed by atoms with Crippen molar-refractivity contribution in [2.24, 2.45) is 11.3 Å². The minimum absolute atomic E-state index is 0.0937. The monoisotopic (exact) mass is 419 g/mol. The highest BCUT2D eigenvalue weighted by molar-refractivity contribution is 5.94. The molecule has 3 aliphatic rings. The topological polar surface area (TPSA) is 66.8 Å². The number of carboxylic acid groups (broad SMARTS) is 1. The van der Waals surface area contributed by atoms with E-state index in [1.807, 2.05) is 35.2 Å². The van der Waals surface area contributed by atoms with E-state index >= 15 is 0 Å². The van der Waals surface area contributed by atoms with Crippen molar-refractivity contribution in [1.82, 2.24) is 4.90 Å². The Bertz CT molecular complexity index is 1000. The summed E-state index contributed by atoms with van der Waals surface area (Å²) in [7, 11) is 1.64. The van der Waals surface area contributed by atoms with E-state index in [0.717, 1.165) is 61.9 Å². The summed E-state index contributed by atoms with van der Waals surface area (Å²) in [5, 5.41) is 9.98. The summed E-state index contributed by atoms with van der Waals surface area (Å²) < 4.78 is 5.68. The predicted octanol–water partition coefficient (Wildman–Crippen LogP) is 4.96. The van der Waals surface area contributed by atoms with Gasteiger partial charge in [0.15, 0.2) is 0 Å². The highest BCUT2D eigenvalue weighted by Gasteiger charge is 2.57. The van der Waals surface area contributed by atoms with Crippen LogP contribution in [0.3, 0.4) is 0 Å². The highest BCUT2D eigenvalue weighted by atomic mass is 16.5. The third-order valence-electron chi connectivity index (χ3n) is 7.78. The Balaban J connectivity index is 1.47. The Labute approximate surface area is 183 Å². The van der Waals surface area contributed by atoms with Gasteiger partial charge in [-0.15, -0.1) is 0 Å². The van der Waals surface area contributed by atoms with E-state index in [2.05, 4.69) is 0 Å². The van der Waals surface area contributed by atoms with E-state index in [1.54, 1.807) is 19.2 Å². The van der Waals surface area contributed by atoms with Gasteiger partial charge >= 0.3 is 5.97 Å². The molecule has 1 N–H and O–H groups in total. The van der Waals surface area contributed by atoms with Crippen molar-refractivity contribution in [3.63, 3.8) is 0 Å². The van der Waals surface area contributed by atoms with Crippen molar-refractivity contribution < 1.29 is 19.4 Å². The van der Waals surface area contributed by atoms with E-state index in [1.165, 1.54) is 6.42 Å². The first-order chi connectivity index (χ1) is 15.0. The van der Waals surface area contributed by atoms with Gasteiger partial charge in [0.1, 0.15) is 5.75 Å². The van der Waals surface area contributed by atoms with Crippen LogP contribution in [0.25, 0.3) is 11.1 Å². The smallest absolute Gasteiger partial charge is 0.335 e. The molecule has 2 aromatic carbocycles. The van der Waals surface area contributed by atoms with Crippen molar-refractivity contribution in [3.8, 4) is 16.9 Å². The number of methoxy groups -OCH3 is 1. The zero-order valence-corrected chi connectivity index (χ0v) is 18.0. The first kappa shape index (κ1) is 20.1. The lowest BCUT2D eigenvalue weighted by Crippen LogP contribution is -2.44. The first-order valence-electron chi connectivity index (χ1n) is 11.3. The molecule has 1 spiro atoms. The van der Waals surface area contributed by atoms with Gasteiger partial charge in [0.05, 0.1) is 12.7 Å². The molecule has 1 aliphatic heterocycles. The van der Waals surface area contributed by atoms with Gasteiger partial charge < -0.3 is 14.7 Å². The fourth-order valence-corrected chi connectivity index (χ4v) is 5.61. The van der Waals surface area contributed by atoms with Crippen molar-refractivity contribution in [2.45, 2.75) is 44.4 Å². The summed E-state index contributed by atoms with van der Waals surface area (Å²) in [6.45, 7) is 1.58. The van der Waals surface area contributed by atoms with Gasteiger partial charge in [-0.25, -0.2) is 4.79 Å². The lowest BCUT2D eigenvalue weighted by Gasteiger charge is -2.37. The maximum absolute atomic E-state index is 12.7. The van der Waals surface area contributed by atoms with Crippen LogP contribution in [0.2, 0.25) is 0 Å². The number of carboxylic acids is 1. The lowest BCUT2D eigenvalue weighted by atomic mass is 9.81. The lowest BCUT2D eigenvalue weighted by molar-refractivity contribution is -0.139. The summed E-state index contributed by atoms with van der Waals surface area (Å²) in [5.74, 6) is 0.576. The van der Waals surface area contributed by atoms with E-state index in [-0.39, 0.29) is 17.3 Å². The molecule has 1 amide bonds. The number of ether oxygens (including phenoxy) is 1. The van der Waals surface area contributed by atoms with Crippen LogP contribution in [-0.2, 0) is 4.79 Å². The summed E-state index contributed by atoms with van der Waals surface area (Å²) in [4.78, 5) is 26.9. The van der Waals surface area contributed by atoms with Gasteiger partial charge in [-0.2, -0.15) is 0 Å². The Kier molecular flexibility index (Phi) is 4.99. The minimum Gasteiger partial charge on any atom is -0.496 e. The molecule has 5 heteroatoms. The van der Waals surface area contributed by atoms with Crippen LogP contribution in [0.4, 0.5) is 0 Å². The maximum Gasteiger partial charge on any atom is 0.335 e. The van der Waals surface area contributed by atoms with E-state index in [9.17, 15) is 14.7 Å². The summed E-state index contributed by atoms with van der Waals surface area (Å²) >= 11 is 0. The summed E-state index contributed by atoms with van der Waals surface area (Å²) in [6.07, 6.45) is 6.12. The van der Waals surface area contributed by atoms with Gasteiger partial charge in [0.2, 0.25) is 5.91 Å². The zero-order valence-electron chi connectivity index (χ0n) is 18.0. The van der Waals surface area contributed by atoms with Crippen LogP contribution in [0.1, 0.15) is 60.4 Å². The number of hydrogen-bond acceptors (Lipinski definition) is 3. The number of benzene rings is 2. The number of likely N-dealkylation sites (tertiary alicyclic amines) is 1. The predicted molar refractivity (Wildman–Crippen MR) is 118 cm³/mol. The van der Waals surface area contributed by atoms with Gasteiger partial charge in [0, 0.05) is 24.6 Å². The van der Waals surface area contributed by atoms with Crippen molar-refractivity contribution in [2.75, 3.05) is 20.2 Å². The van der Waals surface area contributed by atoms with E-state index in [0.29, 0.717) is 17.2 Å². The molecule has 2 aromatic rings. The molecule has 0 unspecified atom stereocenters. The fourth-order valence-electron chi connectivity index (χ4n) is 5.61. The normalized spacial score (nSPS) is 22.1. The molecule has 5 rings (SSSR count).